The fourth-order valence-corrected chi connectivity index (χ4v) is 4.05. The van der Waals surface area contributed by atoms with Crippen LogP contribution in [0.4, 0.5) is 0 Å². The van der Waals surface area contributed by atoms with Crippen molar-refractivity contribution in [1.82, 2.24) is 5.32 Å². The molecule has 4 unspecified atom stereocenters. The SMILES string of the molecule is CCCC(NC(=O)C1CCC2CCCCC2C1)C(N)=NO. The van der Waals surface area contributed by atoms with Gasteiger partial charge < -0.3 is 16.3 Å². The third-order valence-electron chi connectivity index (χ3n) is 5.28. The summed E-state index contributed by atoms with van der Waals surface area (Å²) in [4.78, 5) is 12.5. The average Bonchev–Trinajstić information content (AvgIpc) is 2.53. The number of rotatable bonds is 5. The number of hydrogen-bond donors (Lipinski definition) is 3. The van der Waals surface area contributed by atoms with Gasteiger partial charge in [-0.1, -0.05) is 44.2 Å². The molecule has 0 bridgehead atoms. The van der Waals surface area contributed by atoms with E-state index >= 15 is 0 Å². The van der Waals surface area contributed by atoms with Crippen molar-refractivity contribution < 1.29 is 10.0 Å². The van der Waals surface area contributed by atoms with Crippen molar-refractivity contribution in [3.05, 3.63) is 0 Å². The molecule has 2 fully saturated rings. The molecule has 5 heteroatoms. The van der Waals surface area contributed by atoms with E-state index in [1.807, 2.05) is 6.92 Å². The van der Waals surface area contributed by atoms with Crippen LogP contribution in [-0.2, 0) is 4.79 Å². The highest BCUT2D eigenvalue weighted by Crippen LogP contribution is 2.42. The van der Waals surface area contributed by atoms with Crippen molar-refractivity contribution in [2.45, 2.75) is 70.8 Å². The Morgan fingerprint density at radius 3 is 2.67 bits per heavy atom. The number of hydrogen-bond acceptors (Lipinski definition) is 3. The summed E-state index contributed by atoms with van der Waals surface area (Å²) in [5, 5.41) is 14.9. The van der Waals surface area contributed by atoms with Gasteiger partial charge in [-0.15, -0.1) is 0 Å². The molecule has 4 atom stereocenters. The third-order valence-corrected chi connectivity index (χ3v) is 5.28. The molecule has 0 saturated heterocycles. The van der Waals surface area contributed by atoms with Gasteiger partial charge in [0.05, 0.1) is 6.04 Å². The lowest BCUT2D eigenvalue weighted by Gasteiger charge is -2.39. The number of amides is 1. The van der Waals surface area contributed by atoms with Gasteiger partial charge >= 0.3 is 0 Å². The Hall–Kier alpha value is -1.26. The van der Waals surface area contributed by atoms with Crippen LogP contribution in [-0.4, -0.2) is 23.0 Å². The minimum atomic E-state index is -0.337. The molecule has 120 valence electrons. The van der Waals surface area contributed by atoms with E-state index in [1.165, 1.54) is 32.1 Å². The Morgan fingerprint density at radius 2 is 2.00 bits per heavy atom. The van der Waals surface area contributed by atoms with Crippen LogP contribution in [0.3, 0.4) is 0 Å². The predicted molar refractivity (Wildman–Crippen MR) is 83.0 cm³/mol. The number of carbonyl (C=O) groups is 1. The van der Waals surface area contributed by atoms with Crippen LogP contribution in [0.15, 0.2) is 5.16 Å². The van der Waals surface area contributed by atoms with Crippen LogP contribution in [0.25, 0.3) is 0 Å². The first-order valence-electron chi connectivity index (χ1n) is 8.43. The highest BCUT2D eigenvalue weighted by atomic mass is 16.4. The molecule has 0 spiro atoms. The monoisotopic (exact) mass is 295 g/mol. The maximum atomic E-state index is 12.5. The van der Waals surface area contributed by atoms with Crippen LogP contribution < -0.4 is 11.1 Å². The quantitative estimate of drug-likeness (QED) is 0.315. The number of amidine groups is 1. The Balaban J connectivity index is 1.90. The van der Waals surface area contributed by atoms with E-state index in [2.05, 4.69) is 10.5 Å². The second-order valence-electron chi connectivity index (χ2n) is 6.69. The predicted octanol–water partition coefficient (Wildman–Crippen LogP) is 2.62. The van der Waals surface area contributed by atoms with Crippen molar-refractivity contribution in [3.63, 3.8) is 0 Å². The zero-order valence-electron chi connectivity index (χ0n) is 13.1. The molecule has 0 aromatic rings. The maximum Gasteiger partial charge on any atom is 0.223 e. The molecular formula is C16H29N3O2. The van der Waals surface area contributed by atoms with E-state index in [-0.39, 0.29) is 23.7 Å². The van der Waals surface area contributed by atoms with E-state index < -0.39 is 0 Å². The van der Waals surface area contributed by atoms with Gasteiger partial charge in [-0.25, -0.2) is 0 Å². The lowest BCUT2D eigenvalue weighted by Crippen LogP contribution is -2.47. The van der Waals surface area contributed by atoms with Gasteiger partial charge in [-0.3, -0.25) is 4.79 Å². The molecule has 0 aromatic heterocycles. The summed E-state index contributed by atoms with van der Waals surface area (Å²) in [6.07, 6.45) is 10.1. The van der Waals surface area contributed by atoms with Crippen molar-refractivity contribution >= 4 is 11.7 Å². The second kappa shape index (κ2) is 7.66. The molecule has 2 aliphatic carbocycles. The molecule has 0 heterocycles. The van der Waals surface area contributed by atoms with Crippen LogP contribution >= 0.6 is 0 Å². The van der Waals surface area contributed by atoms with Crippen LogP contribution in [0.1, 0.15) is 64.7 Å². The summed E-state index contributed by atoms with van der Waals surface area (Å²) in [5.41, 5.74) is 5.67. The smallest absolute Gasteiger partial charge is 0.223 e. The molecule has 21 heavy (non-hydrogen) atoms. The highest BCUT2D eigenvalue weighted by Gasteiger charge is 2.35. The fraction of sp³-hybridized carbons (Fsp3) is 0.875. The zero-order valence-corrected chi connectivity index (χ0v) is 13.1. The first-order chi connectivity index (χ1) is 10.2. The van der Waals surface area contributed by atoms with Gasteiger partial charge in [0.1, 0.15) is 0 Å². The molecule has 2 aliphatic rings. The number of oxime groups is 1. The summed E-state index contributed by atoms with van der Waals surface area (Å²) in [6.45, 7) is 2.02. The number of nitrogens with one attached hydrogen (secondary N) is 1. The van der Waals surface area contributed by atoms with Crippen LogP contribution in [0, 0.1) is 17.8 Å². The molecular weight excluding hydrogens is 266 g/mol. The van der Waals surface area contributed by atoms with Crippen LogP contribution in [0.2, 0.25) is 0 Å². The number of fused-ring (bicyclic) bond motifs is 1. The Labute approximate surface area is 127 Å². The van der Waals surface area contributed by atoms with Gasteiger partial charge in [0.25, 0.3) is 0 Å². The fourth-order valence-electron chi connectivity index (χ4n) is 4.05. The van der Waals surface area contributed by atoms with Crippen molar-refractivity contribution in [1.29, 1.82) is 0 Å². The molecule has 2 saturated carbocycles. The standard InChI is InChI=1S/C16H29N3O2/c1-2-5-14(15(17)19-21)18-16(20)13-9-8-11-6-3-4-7-12(11)10-13/h11-14,21H,2-10H2,1H3,(H2,17,19)(H,18,20). The van der Waals surface area contributed by atoms with Gasteiger partial charge in [0, 0.05) is 5.92 Å². The van der Waals surface area contributed by atoms with Crippen molar-refractivity contribution in [2.75, 3.05) is 0 Å². The lowest BCUT2D eigenvalue weighted by molar-refractivity contribution is -0.127. The van der Waals surface area contributed by atoms with E-state index in [4.69, 9.17) is 10.9 Å². The van der Waals surface area contributed by atoms with E-state index in [9.17, 15) is 4.79 Å². The first-order valence-corrected chi connectivity index (χ1v) is 8.43. The first kappa shape index (κ1) is 16.1. The average molecular weight is 295 g/mol. The van der Waals surface area contributed by atoms with Crippen molar-refractivity contribution in [3.8, 4) is 0 Å². The molecule has 0 radical (unpaired) electrons. The summed E-state index contributed by atoms with van der Waals surface area (Å²) in [7, 11) is 0. The Morgan fingerprint density at radius 1 is 1.29 bits per heavy atom. The molecule has 2 rings (SSSR count). The summed E-state index contributed by atoms with van der Waals surface area (Å²) in [6, 6.07) is -0.337. The number of nitrogens with zero attached hydrogens (tertiary/aromatic N) is 1. The summed E-state index contributed by atoms with van der Waals surface area (Å²) >= 11 is 0. The van der Waals surface area contributed by atoms with E-state index in [0.717, 1.165) is 31.1 Å². The normalized spacial score (nSPS) is 31.3. The maximum absolute atomic E-state index is 12.5. The molecule has 0 aliphatic heterocycles. The minimum Gasteiger partial charge on any atom is -0.409 e. The molecule has 1 amide bonds. The number of nitrogens with two attached hydrogens (primary N) is 1. The lowest BCUT2D eigenvalue weighted by atomic mass is 9.67. The minimum absolute atomic E-state index is 0.0871. The summed E-state index contributed by atoms with van der Waals surface area (Å²) < 4.78 is 0. The molecule has 0 aromatic carbocycles. The molecule has 4 N–H and O–H groups in total. The topological polar surface area (TPSA) is 87.7 Å². The summed E-state index contributed by atoms with van der Waals surface area (Å²) in [5.74, 6) is 1.88. The van der Waals surface area contributed by atoms with Gasteiger partial charge in [-0.2, -0.15) is 0 Å². The Bertz CT molecular complexity index is 384. The second-order valence-corrected chi connectivity index (χ2v) is 6.69. The van der Waals surface area contributed by atoms with E-state index in [0.29, 0.717) is 6.42 Å². The molecule has 5 nitrogen and oxygen atoms in total. The van der Waals surface area contributed by atoms with E-state index in [1.54, 1.807) is 0 Å². The number of carbonyl (C=O) groups excluding carboxylic acids is 1. The third kappa shape index (κ3) is 4.11. The van der Waals surface area contributed by atoms with Gasteiger partial charge in [0.2, 0.25) is 5.91 Å². The largest absolute Gasteiger partial charge is 0.409 e. The van der Waals surface area contributed by atoms with Gasteiger partial charge in [-0.05, 0) is 37.5 Å². The highest BCUT2D eigenvalue weighted by molar-refractivity contribution is 5.90. The van der Waals surface area contributed by atoms with Crippen molar-refractivity contribution in [2.24, 2.45) is 28.6 Å². The van der Waals surface area contributed by atoms with Crippen LogP contribution in [0.5, 0.6) is 0 Å². The van der Waals surface area contributed by atoms with Gasteiger partial charge in [0.15, 0.2) is 5.84 Å². The Kier molecular flexibility index (Phi) is 5.88. The zero-order chi connectivity index (χ0) is 15.2.